The minimum atomic E-state index is 0.725. The lowest BCUT2D eigenvalue weighted by Crippen LogP contribution is -1.93. The van der Waals surface area contributed by atoms with E-state index in [1.807, 2.05) is 95.2 Å². The molecule has 0 aliphatic carbocycles. The summed E-state index contributed by atoms with van der Waals surface area (Å²) in [5.41, 5.74) is 7.36. The van der Waals surface area contributed by atoms with Gasteiger partial charge in [0.1, 0.15) is 11.2 Å². The highest BCUT2D eigenvalue weighted by molar-refractivity contribution is 6.04. The van der Waals surface area contributed by atoms with E-state index in [4.69, 9.17) is 4.42 Å². The topological polar surface area (TPSA) is 13.1 Å². The number of fused-ring (bicyclic) bond motifs is 3. The number of para-hydroxylation sites is 1. The van der Waals surface area contributed by atoms with Crippen LogP contribution in [0.25, 0.3) is 33.1 Å². The van der Waals surface area contributed by atoms with Gasteiger partial charge >= 0.3 is 0 Å². The van der Waals surface area contributed by atoms with E-state index in [1.165, 1.54) is 39.4 Å². The average Bonchev–Trinajstić information content (AvgIpc) is 3.49. The Morgan fingerprint density at radius 1 is 0.477 bits per heavy atom. The highest BCUT2D eigenvalue weighted by Gasteiger charge is 2.06. The molecule has 0 atom stereocenters. The number of furan rings is 1. The normalized spacial score (nSPS) is 8.82. The molecule has 44 heavy (non-hydrogen) atoms. The van der Waals surface area contributed by atoms with Crippen LogP contribution in [0.4, 0.5) is 0 Å². The van der Waals surface area contributed by atoms with Gasteiger partial charge in [0.15, 0.2) is 0 Å². The molecule has 0 N–H and O–H groups in total. The first-order valence-corrected chi connectivity index (χ1v) is 17.7. The van der Waals surface area contributed by atoms with Crippen LogP contribution in [0.5, 0.6) is 0 Å². The maximum atomic E-state index is 5.84. The summed E-state index contributed by atoms with van der Waals surface area (Å²) in [5, 5.41) is 2.43. The molecule has 1 heterocycles. The van der Waals surface area contributed by atoms with Crippen molar-refractivity contribution >= 4 is 21.9 Å². The van der Waals surface area contributed by atoms with Crippen molar-refractivity contribution in [2.75, 3.05) is 0 Å². The Balaban J connectivity index is -0.000000571. The first kappa shape index (κ1) is 45.1. The Labute approximate surface area is 274 Å². The lowest BCUT2D eigenvalue weighted by molar-refractivity contribution is 0.647. The predicted molar refractivity (Wildman–Crippen MR) is 206 cm³/mol. The van der Waals surface area contributed by atoms with Crippen LogP contribution in [0.1, 0.15) is 121 Å². The zero-order valence-corrected chi connectivity index (χ0v) is 31.3. The molecule has 0 amide bonds. The van der Waals surface area contributed by atoms with Crippen molar-refractivity contribution < 1.29 is 4.42 Å². The molecule has 4 aromatic carbocycles. The number of rotatable bonds is 5. The fourth-order valence-corrected chi connectivity index (χ4v) is 4.15. The molecule has 246 valence electrons. The van der Waals surface area contributed by atoms with Crippen LogP contribution < -0.4 is 0 Å². The first-order valence-electron chi connectivity index (χ1n) is 17.7. The van der Waals surface area contributed by atoms with Crippen LogP contribution in [0, 0.1) is 5.92 Å². The lowest BCUT2D eigenvalue weighted by atomic mass is 9.99. The molecular formula is C43H68O. The highest BCUT2D eigenvalue weighted by atomic mass is 16.3. The number of aryl methyl sites for hydroxylation is 1. The molecule has 0 unspecified atom stereocenters. The van der Waals surface area contributed by atoms with Gasteiger partial charge in [-0.2, -0.15) is 0 Å². The third-order valence-electron chi connectivity index (χ3n) is 5.69. The van der Waals surface area contributed by atoms with Crippen LogP contribution in [0.3, 0.4) is 0 Å². The maximum Gasteiger partial charge on any atom is 0.135 e. The van der Waals surface area contributed by atoms with Gasteiger partial charge in [-0.3, -0.25) is 0 Å². The standard InChI is InChI=1S/C16H18.C15H14O.6C2H6/c1-13(2)12-14-8-10-16(11-9-14)15-6-4-3-5-7-15;1-2-5-11-8-9-13-12-6-3-4-7-14(12)16-15(13)10-11;6*1-2/h3-11,13H,12H2,1-2H3;3-4,6-10H,2,5H2,1H3;6*1-2H3. The zero-order valence-electron chi connectivity index (χ0n) is 31.3. The van der Waals surface area contributed by atoms with Crippen molar-refractivity contribution in [3.05, 3.63) is 108 Å². The van der Waals surface area contributed by atoms with E-state index in [9.17, 15) is 0 Å². The third-order valence-corrected chi connectivity index (χ3v) is 5.69. The van der Waals surface area contributed by atoms with Crippen LogP contribution in [0.15, 0.2) is 101 Å². The third kappa shape index (κ3) is 16.5. The predicted octanol–water partition coefficient (Wildman–Crippen LogP) is 15.2. The largest absolute Gasteiger partial charge is 0.456 e. The number of benzene rings is 4. The summed E-state index contributed by atoms with van der Waals surface area (Å²) in [7, 11) is 0. The highest BCUT2D eigenvalue weighted by Crippen LogP contribution is 2.29. The number of hydrogen-bond acceptors (Lipinski definition) is 1. The quantitative estimate of drug-likeness (QED) is 0.195. The molecule has 0 aliphatic heterocycles. The molecule has 1 heteroatoms. The average molecular weight is 601 g/mol. The van der Waals surface area contributed by atoms with Gasteiger partial charge in [-0.1, -0.05) is 195 Å². The van der Waals surface area contributed by atoms with Gasteiger partial charge in [-0.05, 0) is 53.1 Å². The Hall–Kier alpha value is -3.32. The van der Waals surface area contributed by atoms with Gasteiger partial charge in [0.2, 0.25) is 0 Å². The van der Waals surface area contributed by atoms with E-state index < -0.39 is 0 Å². The second kappa shape index (κ2) is 31.1. The maximum absolute atomic E-state index is 5.84. The van der Waals surface area contributed by atoms with E-state index >= 15 is 0 Å². The molecule has 0 radical (unpaired) electrons. The molecule has 0 spiro atoms. The van der Waals surface area contributed by atoms with E-state index in [0.29, 0.717) is 0 Å². The summed E-state index contributed by atoms with van der Waals surface area (Å²) >= 11 is 0. The van der Waals surface area contributed by atoms with Gasteiger partial charge in [0.25, 0.3) is 0 Å². The van der Waals surface area contributed by atoms with Crippen molar-refractivity contribution in [1.29, 1.82) is 0 Å². The van der Waals surface area contributed by atoms with Crippen molar-refractivity contribution in [2.24, 2.45) is 5.92 Å². The SMILES string of the molecule is CC.CC.CC.CC.CC.CC.CC(C)Cc1ccc(-c2ccccc2)cc1.CCCc1ccc2c(c1)oc1ccccc12. The molecule has 0 saturated carbocycles. The van der Waals surface area contributed by atoms with E-state index in [2.05, 4.69) is 106 Å². The molecule has 5 rings (SSSR count). The molecule has 1 nitrogen and oxygen atoms in total. The minimum Gasteiger partial charge on any atom is -0.456 e. The van der Waals surface area contributed by atoms with Crippen molar-refractivity contribution in [1.82, 2.24) is 0 Å². The molecule has 0 aliphatic rings. The second-order valence-corrected chi connectivity index (χ2v) is 8.84. The van der Waals surface area contributed by atoms with Gasteiger partial charge in [-0.15, -0.1) is 0 Å². The summed E-state index contributed by atoms with van der Waals surface area (Å²) < 4.78 is 5.84. The van der Waals surface area contributed by atoms with Crippen LogP contribution in [0.2, 0.25) is 0 Å². The van der Waals surface area contributed by atoms with Crippen molar-refractivity contribution in [3.8, 4) is 11.1 Å². The molecular weight excluding hydrogens is 532 g/mol. The number of hydrogen-bond donors (Lipinski definition) is 0. The van der Waals surface area contributed by atoms with Gasteiger partial charge in [0, 0.05) is 10.8 Å². The molecule has 5 aromatic rings. The zero-order chi connectivity index (χ0) is 34.3. The second-order valence-electron chi connectivity index (χ2n) is 8.84. The monoisotopic (exact) mass is 601 g/mol. The Bertz CT molecular complexity index is 1260. The molecule has 1 aromatic heterocycles. The van der Waals surface area contributed by atoms with E-state index in [1.54, 1.807) is 0 Å². The summed E-state index contributed by atoms with van der Waals surface area (Å²) in [6.07, 6.45) is 3.45. The van der Waals surface area contributed by atoms with Crippen molar-refractivity contribution in [3.63, 3.8) is 0 Å². The summed E-state index contributed by atoms with van der Waals surface area (Å²) in [5.74, 6) is 0.725. The van der Waals surface area contributed by atoms with Crippen LogP contribution >= 0.6 is 0 Å². The smallest absolute Gasteiger partial charge is 0.135 e. The molecule has 0 saturated heterocycles. The minimum absolute atomic E-state index is 0.725. The fourth-order valence-electron chi connectivity index (χ4n) is 4.15. The van der Waals surface area contributed by atoms with Gasteiger partial charge < -0.3 is 4.42 Å². The van der Waals surface area contributed by atoms with Crippen LogP contribution in [-0.2, 0) is 12.8 Å². The Morgan fingerprint density at radius 3 is 1.45 bits per heavy atom. The van der Waals surface area contributed by atoms with E-state index in [0.717, 1.165) is 29.9 Å². The Kier molecular flexibility index (Phi) is 31.9. The van der Waals surface area contributed by atoms with Crippen molar-refractivity contribution in [2.45, 2.75) is 123 Å². The lowest BCUT2D eigenvalue weighted by Gasteiger charge is -2.06. The molecule has 0 bridgehead atoms. The fraction of sp³-hybridized carbons (Fsp3) is 0.442. The van der Waals surface area contributed by atoms with Gasteiger partial charge in [-0.25, -0.2) is 0 Å². The summed E-state index contributed by atoms with van der Waals surface area (Å²) in [6.45, 7) is 30.7. The summed E-state index contributed by atoms with van der Waals surface area (Å²) in [4.78, 5) is 0. The van der Waals surface area contributed by atoms with Crippen LogP contribution in [-0.4, -0.2) is 0 Å². The Morgan fingerprint density at radius 2 is 0.932 bits per heavy atom. The molecule has 0 fully saturated rings. The summed E-state index contributed by atoms with van der Waals surface area (Å²) in [6, 6.07) is 34.2. The van der Waals surface area contributed by atoms with E-state index in [-0.39, 0.29) is 0 Å². The van der Waals surface area contributed by atoms with Gasteiger partial charge in [0.05, 0.1) is 0 Å². The first-order chi connectivity index (χ1) is 21.6.